The summed E-state index contributed by atoms with van der Waals surface area (Å²) in [5.41, 5.74) is 1.99. The number of aromatic nitrogens is 2. The van der Waals surface area contributed by atoms with E-state index in [1.165, 1.54) is 0 Å². The lowest BCUT2D eigenvalue weighted by Crippen LogP contribution is -2.47. The average molecular weight is 377 g/mol. The lowest BCUT2D eigenvalue weighted by molar-refractivity contribution is -0.122. The Labute approximate surface area is 159 Å². The predicted molar refractivity (Wildman–Crippen MR) is 106 cm³/mol. The van der Waals surface area contributed by atoms with E-state index in [-0.39, 0.29) is 11.3 Å². The molecular weight excluding hydrogens is 348 g/mol. The number of amides is 1. The number of para-hydroxylation sites is 2. The Hall–Kier alpha value is -1.57. The molecule has 0 atom stereocenters. The van der Waals surface area contributed by atoms with Crippen molar-refractivity contribution in [3.8, 4) is 0 Å². The molecule has 7 heteroatoms. The summed E-state index contributed by atoms with van der Waals surface area (Å²) in [6.45, 7) is 3.59. The molecule has 1 aromatic heterocycles. The van der Waals surface area contributed by atoms with Gasteiger partial charge < -0.3 is 19.9 Å². The minimum atomic E-state index is 0.0320. The molecule has 1 aliphatic heterocycles. The zero-order valence-corrected chi connectivity index (χ0v) is 16.4. The van der Waals surface area contributed by atoms with E-state index in [1.807, 2.05) is 28.8 Å². The SMILES string of the molecule is COCC1(CNC(=O)Cn2c(CSC)nc3ccccc32)CCNCC1. The molecule has 0 spiro atoms. The fourth-order valence-corrected chi connectivity index (χ4v) is 4.14. The summed E-state index contributed by atoms with van der Waals surface area (Å²) in [4.78, 5) is 17.4. The zero-order valence-electron chi connectivity index (χ0n) is 15.6. The van der Waals surface area contributed by atoms with Gasteiger partial charge in [-0.15, -0.1) is 0 Å². The molecule has 0 aliphatic carbocycles. The molecule has 1 amide bonds. The van der Waals surface area contributed by atoms with Crippen LogP contribution in [0, 0.1) is 5.41 Å². The normalized spacial score (nSPS) is 16.7. The van der Waals surface area contributed by atoms with Crippen molar-refractivity contribution >= 4 is 28.7 Å². The lowest BCUT2D eigenvalue weighted by Gasteiger charge is -2.37. The highest BCUT2D eigenvalue weighted by molar-refractivity contribution is 7.97. The van der Waals surface area contributed by atoms with Crippen LogP contribution in [0.5, 0.6) is 0 Å². The molecule has 1 aromatic carbocycles. The van der Waals surface area contributed by atoms with Gasteiger partial charge in [0.2, 0.25) is 5.91 Å². The van der Waals surface area contributed by atoms with Crippen molar-refractivity contribution in [2.45, 2.75) is 25.1 Å². The summed E-state index contributed by atoms with van der Waals surface area (Å²) < 4.78 is 7.47. The van der Waals surface area contributed by atoms with Crippen LogP contribution in [0.25, 0.3) is 11.0 Å². The topological polar surface area (TPSA) is 68.2 Å². The van der Waals surface area contributed by atoms with Crippen LogP contribution in [-0.2, 0) is 21.8 Å². The fraction of sp³-hybridized carbons (Fsp3) is 0.579. The number of nitrogens with zero attached hydrogens (tertiary/aromatic N) is 2. The summed E-state index contributed by atoms with van der Waals surface area (Å²) in [7, 11) is 1.73. The number of nitrogens with one attached hydrogen (secondary N) is 2. The summed E-state index contributed by atoms with van der Waals surface area (Å²) in [6.07, 6.45) is 4.09. The van der Waals surface area contributed by atoms with E-state index in [0.717, 1.165) is 48.5 Å². The molecule has 2 heterocycles. The molecule has 26 heavy (non-hydrogen) atoms. The first kappa shape index (κ1) is 19.2. The summed E-state index contributed by atoms with van der Waals surface area (Å²) in [6, 6.07) is 7.99. The predicted octanol–water partition coefficient (Wildman–Crippen LogP) is 2.03. The summed E-state index contributed by atoms with van der Waals surface area (Å²) in [5, 5.41) is 6.53. The third kappa shape index (κ3) is 4.39. The first-order valence-electron chi connectivity index (χ1n) is 9.07. The number of carbonyl (C=O) groups is 1. The summed E-state index contributed by atoms with van der Waals surface area (Å²) >= 11 is 1.71. The maximum Gasteiger partial charge on any atom is 0.240 e. The molecule has 0 saturated carbocycles. The number of benzene rings is 1. The van der Waals surface area contributed by atoms with Crippen molar-refractivity contribution < 1.29 is 9.53 Å². The van der Waals surface area contributed by atoms with E-state index >= 15 is 0 Å². The Balaban J connectivity index is 1.69. The van der Waals surface area contributed by atoms with E-state index < -0.39 is 0 Å². The monoisotopic (exact) mass is 376 g/mol. The fourth-order valence-electron chi connectivity index (χ4n) is 3.66. The summed E-state index contributed by atoms with van der Waals surface area (Å²) in [5.74, 6) is 1.77. The van der Waals surface area contributed by atoms with Gasteiger partial charge in [0.05, 0.1) is 23.4 Å². The van der Waals surface area contributed by atoms with Crippen LogP contribution in [0.3, 0.4) is 0 Å². The van der Waals surface area contributed by atoms with Crippen LogP contribution >= 0.6 is 11.8 Å². The van der Waals surface area contributed by atoms with Gasteiger partial charge in [0, 0.05) is 19.1 Å². The van der Waals surface area contributed by atoms with Crippen molar-refractivity contribution in [1.82, 2.24) is 20.2 Å². The first-order chi connectivity index (χ1) is 12.7. The Morgan fingerprint density at radius 2 is 2.15 bits per heavy atom. The Kier molecular flexibility index (Phi) is 6.56. The maximum absolute atomic E-state index is 12.7. The van der Waals surface area contributed by atoms with Crippen LogP contribution in [0.15, 0.2) is 24.3 Å². The van der Waals surface area contributed by atoms with E-state index in [2.05, 4.69) is 21.9 Å². The first-order valence-corrected chi connectivity index (χ1v) is 10.5. The molecule has 2 N–H and O–H groups in total. The average Bonchev–Trinajstić information content (AvgIpc) is 2.99. The second-order valence-corrected chi connectivity index (χ2v) is 7.86. The van der Waals surface area contributed by atoms with E-state index in [0.29, 0.717) is 19.7 Å². The van der Waals surface area contributed by atoms with Gasteiger partial charge in [-0.2, -0.15) is 11.8 Å². The van der Waals surface area contributed by atoms with E-state index in [9.17, 15) is 4.79 Å². The van der Waals surface area contributed by atoms with Crippen LogP contribution in [-0.4, -0.2) is 55.1 Å². The second-order valence-electron chi connectivity index (χ2n) is 7.00. The molecule has 1 saturated heterocycles. The van der Waals surface area contributed by atoms with Gasteiger partial charge in [-0.05, 0) is 44.3 Å². The molecule has 142 valence electrons. The van der Waals surface area contributed by atoms with Crippen molar-refractivity contribution in [3.05, 3.63) is 30.1 Å². The van der Waals surface area contributed by atoms with Gasteiger partial charge in [0.1, 0.15) is 12.4 Å². The third-order valence-electron chi connectivity index (χ3n) is 5.08. The third-order valence-corrected chi connectivity index (χ3v) is 5.63. The van der Waals surface area contributed by atoms with Crippen LogP contribution in [0.4, 0.5) is 0 Å². The number of rotatable bonds is 8. The molecule has 3 rings (SSSR count). The van der Waals surface area contributed by atoms with Gasteiger partial charge >= 0.3 is 0 Å². The molecule has 0 bridgehead atoms. The standard InChI is InChI=1S/C19H28N4O2S/c1-25-14-19(7-9-20-10-8-19)13-21-18(24)11-23-16-6-4-3-5-15(16)22-17(23)12-26-2/h3-6,20H,7-14H2,1-2H3,(H,21,24). The van der Waals surface area contributed by atoms with Crippen molar-refractivity contribution in [2.24, 2.45) is 5.41 Å². The Morgan fingerprint density at radius 3 is 2.88 bits per heavy atom. The van der Waals surface area contributed by atoms with Gasteiger partial charge in [-0.1, -0.05) is 12.1 Å². The van der Waals surface area contributed by atoms with Gasteiger partial charge in [-0.25, -0.2) is 4.98 Å². The number of hydrogen-bond donors (Lipinski definition) is 2. The quantitative estimate of drug-likeness (QED) is 0.738. The van der Waals surface area contributed by atoms with E-state index in [4.69, 9.17) is 4.74 Å². The number of imidazole rings is 1. The van der Waals surface area contributed by atoms with Crippen molar-refractivity contribution in [1.29, 1.82) is 0 Å². The smallest absolute Gasteiger partial charge is 0.240 e. The maximum atomic E-state index is 12.7. The molecule has 1 aliphatic rings. The number of ether oxygens (including phenoxy) is 1. The van der Waals surface area contributed by atoms with E-state index in [1.54, 1.807) is 18.9 Å². The van der Waals surface area contributed by atoms with Crippen LogP contribution in [0.1, 0.15) is 18.7 Å². The largest absolute Gasteiger partial charge is 0.384 e. The lowest BCUT2D eigenvalue weighted by atomic mass is 9.79. The Bertz CT molecular complexity index is 735. The number of fused-ring (bicyclic) bond motifs is 1. The van der Waals surface area contributed by atoms with Gasteiger partial charge in [0.15, 0.2) is 0 Å². The molecule has 2 aromatic rings. The number of thioether (sulfide) groups is 1. The minimum Gasteiger partial charge on any atom is -0.384 e. The van der Waals surface area contributed by atoms with Gasteiger partial charge in [-0.3, -0.25) is 4.79 Å². The minimum absolute atomic E-state index is 0.0320. The molecular formula is C19H28N4O2S. The second kappa shape index (κ2) is 8.88. The highest BCUT2D eigenvalue weighted by Crippen LogP contribution is 2.28. The highest BCUT2D eigenvalue weighted by Gasteiger charge is 2.32. The molecule has 1 fully saturated rings. The zero-order chi connectivity index (χ0) is 18.4. The molecule has 0 unspecified atom stereocenters. The van der Waals surface area contributed by atoms with Crippen molar-refractivity contribution in [3.63, 3.8) is 0 Å². The Morgan fingerprint density at radius 1 is 1.38 bits per heavy atom. The molecule has 0 radical (unpaired) electrons. The van der Waals surface area contributed by atoms with Crippen LogP contribution in [0.2, 0.25) is 0 Å². The highest BCUT2D eigenvalue weighted by atomic mass is 32.2. The van der Waals surface area contributed by atoms with Crippen molar-refractivity contribution in [2.75, 3.05) is 39.6 Å². The molecule has 6 nitrogen and oxygen atoms in total. The van der Waals surface area contributed by atoms with Gasteiger partial charge in [0.25, 0.3) is 0 Å². The van der Waals surface area contributed by atoms with Crippen LogP contribution < -0.4 is 10.6 Å². The number of methoxy groups -OCH3 is 1. The number of hydrogen-bond acceptors (Lipinski definition) is 5. The number of piperidine rings is 1. The number of carbonyl (C=O) groups excluding carboxylic acids is 1.